The molecule has 2 heterocycles. The molecule has 0 aliphatic carbocycles. The Bertz CT molecular complexity index is 571. The largest absolute Gasteiger partial charge is 0.481 e. The number of hydrogen-bond acceptors (Lipinski definition) is 5. The van der Waals surface area contributed by atoms with E-state index in [9.17, 15) is 4.79 Å². The van der Waals surface area contributed by atoms with E-state index in [0.29, 0.717) is 5.75 Å². The van der Waals surface area contributed by atoms with Crippen molar-refractivity contribution in [1.29, 1.82) is 0 Å². The lowest BCUT2D eigenvalue weighted by molar-refractivity contribution is -0.136. The van der Waals surface area contributed by atoms with Gasteiger partial charge < -0.3 is 9.67 Å². The van der Waals surface area contributed by atoms with E-state index in [2.05, 4.69) is 22.1 Å². The molecule has 20 heavy (non-hydrogen) atoms. The summed E-state index contributed by atoms with van der Waals surface area (Å²) in [5, 5.41) is 17.8. The molecule has 0 saturated heterocycles. The number of aliphatic carboxylic acids is 1. The van der Waals surface area contributed by atoms with Crippen molar-refractivity contribution < 1.29 is 9.90 Å². The van der Waals surface area contributed by atoms with Crippen LogP contribution in [-0.2, 0) is 11.3 Å². The van der Waals surface area contributed by atoms with E-state index in [1.54, 1.807) is 12.4 Å². The maximum absolute atomic E-state index is 10.6. The van der Waals surface area contributed by atoms with Crippen LogP contribution in [0.25, 0.3) is 11.4 Å². The summed E-state index contributed by atoms with van der Waals surface area (Å²) in [7, 11) is 0. The summed E-state index contributed by atoms with van der Waals surface area (Å²) < 4.78 is 2.03. The Kier molecular flexibility index (Phi) is 5.11. The molecule has 7 heteroatoms. The highest BCUT2D eigenvalue weighted by Gasteiger charge is 2.13. The predicted octanol–water partition coefficient (Wildman–Crippen LogP) is 2.32. The van der Waals surface area contributed by atoms with Gasteiger partial charge >= 0.3 is 5.97 Å². The second-order valence-corrected chi connectivity index (χ2v) is 5.25. The van der Waals surface area contributed by atoms with E-state index in [1.165, 1.54) is 11.8 Å². The van der Waals surface area contributed by atoms with Crippen molar-refractivity contribution >= 4 is 17.7 Å². The van der Waals surface area contributed by atoms with E-state index in [4.69, 9.17) is 5.11 Å². The lowest BCUT2D eigenvalue weighted by Gasteiger charge is -2.08. The monoisotopic (exact) mass is 292 g/mol. The maximum Gasteiger partial charge on any atom is 0.304 e. The third kappa shape index (κ3) is 3.57. The molecule has 2 rings (SSSR count). The van der Waals surface area contributed by atoms with Gasteiger partial charge in [0.1, 0.15) is 0 Å². The van der Waals surface area contributed by atoms with Crippen LogP contribution in [0.15, 0.2) is 29.7 Å². The molecule has 0 saturated carbocycles. The van der Waals surface area contributed by atoms with E-state index < -0.39 is 5.97 Å². The molecule has 0 bridgehead atoms. The Morgan fingerprint density at radius 2 is 2.10 bits per heavy atom. The number of hydrogen-bond donors (Lipinski definition) is 1. The Morgan fingerprint density at radius 1 is 1.35 bits per heavy atom. The summed E-state index contributed by atoms with van der Waals surface area (Å²) in [6.07, 6.45) is 4.52. The first-order chi connectivity index (χ1) is 9.72. The Balaban J connectivity index is 2.21. The summed E-state index contributed by atoms with van der Waals surface area (Å²) in [5.41, 5.74) is 0.964. The number of carboxylic acids is 1. The molecule has 6 nitrogen and oxygen atoms in total. The van der Waals surface area contributed by atoms with Gasteiger partial charge in [-0.25, -0.2) is 0 Å². The number of aromatic nitrogens is 4. The van der Waals surface area contributed by atoms with Crippen molar-refractivity contribution in [3.8, 4) is 11.4 Å². The molecule has 2 aromatic rings. The molecule has 0 aromatic carbocycles. The number of rotatable bonds is 7. The highest BCUT2D eigenvalue weighted by Crippen LogP contribution is 2.24. The van der Waals surface area contributed by atoms with Crippen LogP contribution >= 0.6 is 11.8 Å². The molecule has 1 N–H and O–H groups in total. The lowest BCUT2D eigenvalue weighted by atomic mass is 10.2. The molecule has 0 aliphatic rings. The van der Waals surface area contributed by atoms with Gasteiger partial charge in [-0.1, -0.05) is 18.7 Å². The number of carbonyl (C=O) groups is 1. The predicted molar refractivity (Wildman–Crippen MR) is 76.5 cm³/mol. The van der Waals surface area contributed by atoms with Gasteiger partial charge in [0.25, 0.3) is 0 Å². The van der Waals surface area contributed by atoms with Crippen LogP contribution in [-0.4, -0.2) is 36.6 Å². The van der Waals surface area contributed by atoms with E-state index in [1.807, 2.05) is 16.7 Å². The fourth-order valence-electron chi connectivity index (χ4n) is 1.76. The lowest BCUT2D eigenvalue weighted by Crippen LogP contribution is -2.03. The minimum Gasteiger partial charge on any atom is -0.481 e. The van der Waals surface area contributed by atoms with Crippen molar-refractivity contribution in [3.05, 3.63) is 24.5 Å². The molecule has 106 valence electrons. The molecule has 2 aromatic heterocycles. The van der Waals surface area contributed by atoms with E-state index in [-0.39, 0.29) is 6.42 Å². The van der Waals surface area contributed by atoms with Crippen LogP contribution in [0.3, 0.4) is 0 Å². The molecule has 0 spiro atoms. The molecule has 0 atom stereocenters. The fraction of sp³-hybridized carbons (Fsp3) is 0.385. The van der Waals surface area contributed by atoms with Crippen LogP contribution in [0.2, 0.25) is 0 Å². The van der Waals surface area contributed by atoms with Gasteiger partial charge in [-0.3, -0.25) is 9.78 Å². The Labute approximate surface area is 121 Å². The molecule has 0 radical (unpaired) electrons. The maximum atomic E-state index is 10.6. The zero-order valence-corrected chi connectivity index (χ0v) is 12.0. The van der Waals surface area contributed by atoms with Crippen molar-refractivity contribution in [3.63, 3.8) is 0 Å². The molecular formula is C13H16N4O2S. The third-order valence-electron chi connectivity index (χ3n) is 2.65. The number of nitrogens with zero attached hydrogens (tertiary/aromatic N) is 4. The Hall–Kier alpha value is -1.89. The number of carboxylic acid groups (broad SMARTS) is 1. The standard InChI is InChI=1S/C13H16N4O2S/c1-2-8-17-12(10-3-6-14-7-4-10)15-16-13(17)20-9-5-11(18)19/h3-4,6-7H,2,5,8-9H2,1H3,(H,18,19). The minimum atomic E-state index is -0.798. The second-order valence-electron chi connectivity index (χ2n) is 4.19. The molecule has 0 unspecified atom stereocenters. The molecule has 0 fully saturated rings. The minimum absolute atomic E-state index is 0.119. The van der Waals surface area contributed by atoms with Crippen LogP contribution in [0.5, 0.6) is 0 Å². The zero-order chi connectivity index (χ0) is 14.4. The normalized spacial score (nSPS) is 10.7. The Morgan fingerprint density at radius 3 is 2.75 bits per heavy atom. The van der Waals surface area contributed by atoms with E-state index >= 15 is 0 Å². The molecule has 0 aliphatic heterocycles. The van der Waals surface area contributed by atoms with Crippen LogP contribution in [0.4, 0.5) is 0 Å². The van der Waals surface area contributed by atoms with Gasteiger partial charge in [-0.15, -0.1) is 10.2 Å². The average Bonchev–Trinajstić information content (AvgIpc) is 2.83. The first kappa shape index (κ1) is 14.5. The topological polar surface area (TPSA) is 80.9 Å². The zero-order valence-electron chi connectivity index (χ0n) is 11.2. The SMILES string of the molecule is CCCn1c(SCCC(=O)O)nnc1-c1ccncc1. The quantitative estimate of drug-likeness (QED) is 0.789. The van der Waals surface area contributed by atoms with Crippen molar-refractivity contribution in [1.82, 2.24) is 19.7 Å². The first-order valence-corrected chi connectivity index (χ1v) is 7.39. The summed E-state index contributed by atoms with van der Waals surface area (Å²) in [6, 6.07) is 3.78. The molecular weight excluding hydrogens is 276 g/mol. The second kappa shape index (κ2) is 7.04. The summed E-state index contributed by atoms with van der Waals surface area (Å²) >= 11 is 1.42. The van der Waals surface area contributed by atoms with Crippen LogP contribution in [0, 0.1) is 0 Å². The summed E-state index contributed by atoms with van der Waals surface area (Å²) in [5.74, 6) is 0.494. The number of pyridine rings is 1. The van der Waals surface area contributed by atoms with Crippen molar-refractivity contribution in [2.24, 2.45) is 0 Å². The van der Waals surface area contributed by atoms with Gasteiger partial charge in [-0.05, 0) is 18.6 Å². The first-order valence-electron chi connectivity index (χ1n) is 6.40. The highest BCUT2D eigenvalue weighted by atomic mass is 32.2. The van der Waals surface area contributed by atoms with Gasteiger partial charge in [0.05, 0.1) is 6.42 Å². The van der Waals surface area contributed by atoms with Crippen molar-refractivity contribution in [2.45, 2.75) is 31.5 Å². The van der Waals surface area contributed by atoms with E-state index in [0.717, 1.165) is 29.5 Å². The van der Waals surface area contributed by atoms with Gasteiger partial charge in [0.2, 0.25) is 0 Å². The average molecular weight is 292 g/mol. The fourth-order valence-corrected chi connectivity index (χ4v) is 2.66. The van der Waals surface area contributed by atoms with Crippen molar-refractivity contribution in [2.75, 3.05) is 5.75 Å². The highest BCUT2D eigenvalue weighted by molar-refractivity contribution is 7.99. The summed E-state index contributed by atoms with van der Waals surface area (Å²) in [6.45, 7) is 2.89. The third-order valence-corrected chi connectivity index (χ3v) is 3.62. The van der Waals surface area contributed by atoms with Crippen LogP contribution < -0.4 is 0 Å². The van der Waals surface area contributed by atoms with Gasteiger partial charge in [-0.2, -0.15) is 0 Å². The van der Waals surface area contributed by atoms with Crippen LogP contribution in [0.1, 0.15) is 19.8 Å². The summed E-state index contributed by atoms with van der Waals surface area (Å²) in [4.78, 5) is 14.6. The van der Waals surface area contributed by atoms with Gasteiger partial charge in [0.15, 0.2) is 11.0 Å². The molecule has 0 amide bonds. The smallest absolute Gasteiger partial charge is 0.304 e. The van der Waals surface area contributed by atoms with Gasteiger partial charge in [0, 0.05) is 30.3 Å². The number of thioether (sulfide) groups is 1.